The van der Waals surface area contributed by atoms with Crippen LogP contribution in [0.25, 0.3) is 0 Å². The van der Waals surface area contributed by atoms with Gasteiger partial charge in [-0.3, -0.25) is 5.26 Å². The van der Waals surface area contributed by atoms with E-state index < -0.39 is 0 Å². The average Bonchev–Trinajstić information content (AvgIpc) is 2.14. The highest BCUT2D eigenvalue weighted by Crippen LogP contribution is 2.20. The molecule has 0 aromatic heterocycles. The van der Waals surface area contributed by atoms with E-state index in [9.17, 15) is 0 Å². The van der Waals surface area contributed by atoms with Gasteiger partial charge in [-0.25, -0.2) is 4.89 Å². The molecule has 3 nitrogen and oxygen atoms in total. The zero-order valence-electron chi connectivity index (χ0n) is 9.88. The molecule has 0 fully saturated rings. The summed E-state index contributed by atoms with van der Waals surface area (Å²) in [5, 5.41) is 8.19. The number of hydrogen-bond donors (Lipinski definition) is 1. The summed E-state index contributed by atoms with van der Waals surface area (Å²) in [6, 6.07) is 0. The van der Waals surface area contributed by atoms with Gasteiger partial charge in [0.25, 0.3) is 0 Å². The lowest BCUT2D eigenvalue weighted by Gasteiger charge is -2.23. The molecule has 0 aliphatic heterocycles. The molecule has 0 aliphatic carbocycles. The van der Waals surface area contributed by atoms with Crippen LogP contribution in [0.15, 0.2) is 0 Å². The summed E-state index contributed by atoms with van der Waals surface area (Å²) in [5.41, 5.74) is -0.00675. The first-order valence-electron chi connectivity index (χ1n) is 5.33. The molecule has 3 heteroatoms. The van der Waals surface area contributed by atoms with Gasteiger partial charge in [0.05, 0.1) is 12.2 Å². The molecule has 0 saturated carbocycles. The quantitative estimate of drug-likeness (QED) is 0.487. The summed E-state index contributed by atoms with van der Waals surface area (Å²) in [4.78, 5) is 4.06. The van der Waals surface area contributed by atoms with E-state index in [-0.39, 0.29) is 5.60 Å². The smallest absolute Gasteiger partial charge is 0.0822 e. The summed E-state index contributed by atoms with van der Waals surface area (Å²) in [7, 11) is 1.75. The van der Waals surface area contributed by atoms with Gasteiger partial charge in [0.15, 0.2) is 0 Å². The minimum atomic E-state index is -0.00675. The van der Waals surface area contributed by atoms with E-state index in [0.717, 1.165) is 25.7 Å². The number of rotatable bonds is 8. The van der Waals surface area contributed by atoms with Crippen LogP contribution in [-0.2, 0) is 9.62 Å². The van der Waals surface area contributed by atoms with Crippen LogP contribution in [0.3, 0.4) is 0 Å². The minimum absolute atomic E-state index is 0.00675. The van der Waals surface area contributed by atoms with E-state index >= 15 is 0 Å². The molecule has 1 atom stereocenters. The summed E-state index contributed by atoms with van der Waals surface area (Å²) < 4.78 is 5.34. The Labute approximate surface area is 87.3 Å². The second-order valence-electron chi connectivity index (χ2n) is 4.58. The maximum absolute atomic E-state index is 8.19. The molecule has 0 amide bonds. The van der Waals surface area contributed by atoms with Crippen molar-refractivity contribution in [3.8, 4) is 0 Å². The highest BCUT2D eigenvalue weighted by atomic mass is 17.1. The lowest BCUT2D eigenvalue weighted by Crippen LogP contribution is -2.22. The van der Waals surface area contributed by atoms with Crippen LogP contribution in [0.1, 0.15) is 46.5 Å². The SMILES string of the molecule is COC(C)(C)CCCC(C)CCOO. The second kappa shape index (κ2) is 7.21. The first kappa shape index (κ1) is 13.9. The van der Waals surface area contributed by atoms with Crippen LogP contribution < -0.4 is 0 Å². The Morgan fingerprint density at radius 3 is 2.43 bits per heavy atom. The van der Waals surface area contributed by atoms with Crippen molar-refractivity contribution in [1.29, 1.82) is 0 Å². The molecular weight excluding hydrogens is 180 g/mol. The normalized spacial score (nSPS) is 14.4. The summed E-state index contributed by atoms with van der Waals surface area (Å²) in [6.07, 6.45) is 4.32. The van der Waals surface area contributed by atoms with Gasteiger partial charge < -0.3 is 4.74 Å². The van der Waals surface area contributed by atoms with E-state index in [1.165, 1.54) is 0 Å². The lowest BCUT2D eigenvalue weighted by molar-refractivity contribution is -0.244. The van der Waals surface area contributed by atoms with Crippen LogP contribution in [0, 0.1) is 5.92 Å². The molecule has 86 valence electrons. The molecule has 0 bridgehead atoms. The Balaban J connectivity index is 3.43. The minimum Gasteiger partial charge on any atom is -0.379 e. The van der Waals surface area contributed by atoms with Crippen molar-refractivity contribution in [1.82, 2.24) is 0 Å². The summed E-state index contributed by atoms with van der Waals surface area (Å²) in [6.45, 7) is 6.83. The predicted octanol–water partition coefficient (Wildman–Crippen LogP) is 3.10. The van der Waals surface area contributed by atoms with Gasteiger partial charge in [-0.15, -0.1) is 0 Å². The molecule has 14 heavy (non-hydrogen) atoms. The molecule has 0 heterocycles. The maximum atomic E-state index is 8.19. The zero-order valence-corrected chi connectivity index (χ0v) is 9.88. The number of ether oxygens (including phenoxy) is 1. The molecule has 1 unspecified atom stereocenters. The first-order chi connectivity index (χ1) is 6.52. The second-order valence-corrected chi connectivity index (χ2v) is 4.58. The van der Waals surface area contributed by atoms with E-state index in [0.29, 0.717) is 12.5 Å². The predicted molar refractivity (Wildman–Crippen MR) is 57.3 cm³/mol. The third-order valence-electron chi connectivity index (χ3n) is 2.73. The number of hydrogen-bond acceptors (Lipinski definition) is 3. The van der Waals surface area contributed by atoms with Gasteiger partial charge in [0.2, 0.25) is 0 Å². The standard InChI is InChI=1S/C11H24O3/c1-10(7-9-14-12)6-5-8-11(2,3)13-4/h10,12H,5-9H2,1-4H3. The molecule has 0 rings (SSSR count). The summed E-state index contributed by atoms with van der Waals surface area (Å²) in [5.74, 6) is 0.606. The van der Waals surface area contributed by atoms with E-state index in [1.54, 1.807) is 7.11 Å². The molecule has 0 aliphatic rings. The maximum Gasteiger partial charge on any atom is 0.0822 e. The zero-order chi connectivity index (χ0) is 11.0. The van der Waals surface area contributed by atoms with Crippen molar-refractivity contribution >= 4 is 0 Å². The topological polar surface area (TPSA) is 38.7 Å². The van der Waals surface area contributed by atoms with Gasteiger partial charge in [0.1, 0.15) is 0 Å². The molecule has 0 radical (unpaired) electrons. The van der Waals surface area contributed by atoms with E-state index in [4.69, 9.17) is 9.99 Å². The van der Waals surface area contributed by atoms with Gasteiger partial charge >= 0.3 is 0 Å². The first-order valence-corrected chi connectivity index (χ1v) is 5.33. The monoisotopic (exact) mass is 204 g/mol. The van der Waals surface area contributed by atoms with Crippen LogP contribution in [0.2, 0.25) is 0 Å². The molecule has 0 spiro atoms. The summed E-state index contributed by atoms with van der Waals surface area (Å²) >= 11 is 0. The van der Waals surface area contributed by atoms with Gasteiger partial charge in [0, 0.05) is 7.11 Å². The third-order valence-corrected chi connectivity index (χ3v) is 2.73. The van der Waals surface area contributed by atoms with Crippen LogP contribution in [-0.4, -0.2) is 24.6 Å². The lowest BCUT2D eigenvalue weighted by atomic mass is 9.95. The Morgan fingerprint density at radius 2 is 1.93 bits per heavy atom. The molecule has 1 N–H and O–H groups in total. The molecular formula is C11H24O3. The highest BCUT2D eigenvalue weighted by Gasteiger charge is 2.15. The van der Waals surface area contributed by atoms with Crippen LogP contribution in [0.5, 0.6) is 0 Å². The Morgan fingerprint density at radius 1 is 1.29 bits per heavy atom. The Kier molecular flexibility index (Phi) is 7.15. The molecule has 0 saturated heterocycles. The van der Waals surface area contributed by atoms with Crippen molar-refractivity contribution < 1.29 is 14.9 Å². The highest BCUT2D eigenvalue weighted by molar-refractivity contribution is 4.68. The Bertz CT molecular complexity index is 134. The van der Waals surface area contributed by atoms with Crippen molar-refractivity contribution in [3.63, 3.8) is 0 Å². The van der Waals surface area contributed by atoms with E-state index in [2.05, 4.69) is 25.7 Å². The van der Waals surface area contributed by atoms with Gasteiger partial charge in [-0.05, 0) is 32.6 Å². The molecule has 0 aromatic carbocycles. The van der Waals surface area contributed by atoms with Crippen LogP contribution in [0.4, 0.5) is 0 Å². The van der Waals surface area contributed by atoms with Crippen molar-refractivity contribution in [2.45, 2.75) is 52.1 Å². The van der Waals surface area contributed by atoms with Gasteiger partial charge in [-0.2, -0.15) is 0 Å². The van der Waals surface area contributed by atoms with Crippen molar-refractivity contribution in [2.24, 2.45) is 5.92 Å². The fourth-order valence-corrected chi connectivity index (χ4v) is 1.38. The van der Waals surface area contributed by atoms with Crippen LogP contribution >= 0.6 is 0 Å². The average molecular weight is 204 g/mol. The third kappa shape index (κ3) is 7.30. The van der Waals surface area contributed by atoms with Gasteiger partial charge in [-0.1, -0.05) is 19.8 Å². The van der Waals surface area contributed by atoms with Crippen molar-refractivity contribution in [3.05, 3.63) is 0 Å². The number of methoxy groups -OCH3 is 1. The van der Waals surface area contributed by atoms with E-state index in [1.807, 2.05) is 0 Å². The largest absolute Gasteiger partial charge is 0.379 e. The fraction of sp³-hybridized carbons (Fsp3) is 1.00. The Hall–Kier alpha value is -0.120. The van der Waals surface area contributed by atoms with Crippen molar-refractivity contribution in [2.75, 3.05) is 13.7 Å². The molecule has 0 aromatic rings. The fourth-order valence-electron chi connectivity index (χ4n) is 1.38.